The SMILES string of the molecule is C[C@@H](n1cnnn1)[C@](O)(Cn1cncn1)c1ccc(F)cc1F. The van der Waals surface area contributed by atoms with Crippen molar-refractivity contribution in [3.63, 3.8) is 0 Å². The maximum Gasteiger partial charge on any atom is 0.138 e. The van der Waals surface area contributed by atoms with Gasteiger partial charge in [-0.15, -0.1) is 5.10 Å². The molecule has 0 aliphatic rings. The summed E-state index contributed by atoms with van der Waals surface area (Å²) in [5.41, 5.74) is -1.86. The molecule has 3 aromatic rings. The van der Waals surface area contributed by atoms with Crippen molar-refractivity contribution in [3.05, 3.63) is 54.4 Å². The zero-order valence-electron chi connectivity index (χ0n) is 12.1. The molecule has 23 heavy (non-hydrogen) atoms. The van der Waals surface area contributed by atoms with Gasteiger partial charge in [-0.1, -0.05) is 6.07 Å². The average Bonchev–Trinajstić information content (AvgIpc) is 3.19. The molecular formula is C13H13F2N7O. The summed E-state index contributed by atoms with van der Waals surface area (Å²) in [4.78, 5) is 3.80. The second-order valence-electron chi connectivity index (χ2n) is 5.11. The highest BCUT2D eigenvalue weighted by molar-refractivity contribution is 5.26. The maximum atomic E-state index is 14.3. The minimum Gasteiger partial charge on any atom is -0.381 e. The Morgan fingerprint density at radius 2 is 2.13 bits per heavy atom. The largest absolute Gasteiger partial charge is 0.381 e. The first-order valence-electron chi connectivity index (χ1n) is 6.73. The highest BCUT2D eigenvalue weighted by Gasteiger charge is 2.41. The average molecular weight is 321 g/mol. The van der Waals surface area contributed by atoms with Crippen LogP contribution in [0.2, 0.25) is 0 Å². The third-order valence-electron chi connectivity index (χ3n) is 3.72. The van der Waals surface area contributed by atoms with E-state index in [1.165, 1.54) is 34.4 Å². The maximum absolute atomic E-state index is 14.3. The normalized spacial score (nSPS) is 15.3. The zero-order valence-corrected chi connectivity index (χ0v) is 12.1. The summed E-state index contributed by atoms with van der Waals surface area (Å²) in [6.07, 6.45) is 3.99. The number of halogens is 2. The van der Waals surface area contributed by atoms with Gasteiger partial charge in [0, 0.05) is 11.6 Å². The lowest BCUT2D eigenvalue weighted by atomic mass is 9.86. The van der Waals surface area contributed by atoms with Gasteiger partial charge in [0.05, 0.1) is 12.6 Å². The molecule has 10 heteroatoms. The Labute approximate surface area is 129 Å². The fraction of sp³-hybridized carbons (Fsp3) is 0.308. The summed E-state index contributed by atoms with van der Waals surface area (Å²) in [6, 6.07) is 2.25. The lowest BCUT2D eigenvalue weighted by molar-refractivity contribution is -0.0374. The van der Waals surface area contributed by atoms with Gasteiger partial charge < -0.3 is 5.11 Å². The van der Waals surface area contributed by atoms with Crippen molar-refractivity contribution >= 4 is 0 Å². The summed E-state index contributed by atoms with van der Waals surface area (Å²) in [5.74, 6) is -1.60. The molecular weight excluding hydrogens is 308 g/mol. The first-order valence-corrected chi connectivity index (χ1v) is 6.73. The van der Waals surface area contributed by atoms with Crippen molar-refractivity contribution in [1.82, 2.24) is 35.0 Å². The second-order valence-corrected chi connectivity index (χ2v) is 5.11. The minimum absolute atomic E-state index is 0.0857. The minimum atomic E-state index is -1.78. The summed E-state index contributed by atoms with van der Waals surface area (Å²) in [6.45, 7) is 1.51. The van der Waals surface area contributed by atoms with Crippen LogP contribution in [0.3, 0.4) is 0 Å². The quantitative estimate of drug-likeness (QED) is 0.743. The predicted molar refractivity (Wildman–Crippen MR) is 72.8 cm³/mol. The van der Waals surface area contributed by atoms with Gasteiger partial charge in [-0.05, 0) is 23.4 Å². The van der Waals surface area contributed by atoms with E-state index >= 15 is 0 Å². The van der Waals surface area contributed by atoms with E-state index in [2.05, 4.69) is 25.6 Å². The monoisotopic (exact) mass is 321 g/mol. The van der Waals surface area contributed by atoms with Gasteiger partial charge >= 0.3 is 0 Å². The molecule has 1 aromatic carbocycles. The van der Waals surface area contributed by atoms with Crippen LogP contribution in [-0.4, -0.2) is 40.1 Å². The molecule has 2 heterocycles. The zero-order chi connectivity index (χ0) is 16.4. The molecule has 0 amide bonds. The van der Waals surface area contributed by atoms with Crippen LogP contribution in [0.25, 0.3) is 0 Å². The van der Waals surface area contributed by atoms with Gasteiger partial charge in [0.2, 0.25) is 0 Å². The van der Waals surface area contributed by atoms with E-state index < -0.39 is 23.3 Å². The van der Waals surface area contributed by atoms with Crippen LogP contribution >= 0.6 is 0 Å². The summed E-state index contributed by atoms with van der Waals surface area (Å²) >= 11 is 0. The van der Waals surface area contributed by atoms with Gasteiger partial charge in [0.1, 0.15) is 36.2 Å². The van der Waals surface area contributed by atoms with Crippen LogP contribution in [0, 0.1) is 11.6 Å². The van der Waals surface area contributed by atoms with E-state index in [0.29, 0.717) is 6.07 Å². The van der Waals surface area contributed by atoms with Crippen molar-refractivity contribution < 1.29 is 13.9 Å². The van der Waals surface area contributed by atoms with Crippen LogP contribution in [0.4, 0.5) is 8.78 Å². The Hall–Kier alpha value is -2.75. The first kappa shape index (κ1) is 15.2. The van der Waals surface area contributed by atoms with Crippen LogP contribution in [0.15, 0.2) is 37.2 Å². The van der Waals surface area contributed by atoms with Crippen LogP contribution < -0.4 is 0 Å². The highest BCUT2D eigenvalue weighted by Crippen LogP contribution is 2.35. The summed E-state index contributed by atoms with van der Waals surface area (Å²) in [7, 11) is 0. The number of hydrogen-bond donors (Lipinski definition) is 1. The fourth-order valence-electron chi connectivity index (χ4n) is 2.41. The molecule has 2 atom stereocenters. The summed E-state index contributed by atoms with van der Waals surface area (Å²) in [5, 5.41) is 25.9. The van der Waals surface area contributed by atoms with E-state index in [0.717, 1.165) is 6.07 Å². The number of aliphatic hydroxyl groups is 1. The van der Waals surface area contributed by atoms with Gasteiger partial charge in [-0.2, -0.15) is 5.10 Å². The molecule has 0 saturated carbocycles. The molecule has 0 aliphatic heterocycles. The highest BCUT2D eigenvalue weighted by atomic mass is 19.1. The summed E-state index contributed by atoms with van der Waals surface area (Å²) < 4.78 is 30.1. The van der Waals surface area contributed by atoms with Gasteiger partial charge in [0.15, 0.2) is 0 Å². The molecule has 0 unspecified atom stereocenters. The molecule has 120 valence electrons. The molecule has 1 N–H and O–H groups in total. The third-order valence-corrected chi connectivity index (χ3v) is 3.72. The van der Waals surface area contributed by atoms with E-state index in [4.69, 9.17) is 0 Å². The fourth-order valence-corrected chi connectivity index (χ4v) is 2.41. The molecule has 8 nitrogen and oxygen atoms in total. The molecule has 0 bridgehead atoms. The number of benzene rings is 1. The molecule has 2 aromatic heterocycles. The number of tetrazole rings is 1. The van der Waals surface area contributed by atoms with Crippen molar-refractivity contribution in [2.45, 2.75) is 25.1 Å². The third kappa shape index (κ3) is 2.80. The second kappa shape index (κ2) is 5.80. The van der Waals surface area contributed by atoms with E-state index in [1.807, 2.05) is 0 Å². The van der Waals surface area contributed by atoms with Gasteiger partial charge in [-0.25, -0.2) is 23.1 Å². The first-order chi connectivity index (χ1) is 11.0. The van der Waals surface area contributed by atoms with Gasteiger partial charge in [-0.3, -0.25) is 0 Å². The lowest BCUT2D eigenvalue weighted by Gasteiger charge is -2.34. The number of aromatic nitrogens is 7. The molecule has 0 fully saturated rings. The standard InChI is InChI=1S/C13H13F2N7O/c1-9(22-8-17-19-20-22)13(23,5-21-7-16-6-18-21)11-3-2-10(14)4-12(11)15/h2-4,6-9,23H,5H2,1H3/t9-,13-/m1/s1. The molecule has 0 spiro atoms. The van der Waals surface area contributed by atoms with E-state index in [-0.39, 0.29) is 12.1 Å². The lowest BCUT2D eigenvalue weighted by Crippen LogP contribution is -2.41. The van der Waals surface area contributed by atoms with Crippen LogP contribution in [-0.2, 0) is 12.1 Å². The molecule has 0 aliphatic carbocycles. The molecule has 0 radical (unpaired) electrons. The van der Waals surface area contributed by atoms with Crippen molar-refractivity contribution in [2.24, 2.45) is 0 Å². The van der Waals surface area contributed by atoms with E-state index in [9.17, 15) is 13.9 Å². The number of rotatable bonds is 5. The Bertz CT molecular complexity index is 778. The Morgan fingerprint density at radius 1 is 1.30 bits per heavy atom. The Balaban J connectivity index is 2.08. The number of nitrogens with zero attached hydrogens (tertiary/aromatic N) is 7. The van der Waals surface area contributed by atoms with E-state index in [1.54, 1.807) is 6.92 Å². The molecule has 3 rings (SSSR count). The molecule has 0 saturated heterocycles. The Kier molecular flexibility index (Phi) is 3.82. The topological polar surface area (TPSA) is 94.5 Å². The van der Waals surface area contributed by atoms with Gasteiger partial charge in [0.25, 0.3) is 0 Å². The smallest absolute Gasteiger partial charge is 0.138 e. The predicted octanol–water partition coefficient (Wildman–Crippen LogP) is 0.692. The van der Waals surface area contributed by atoms with Crippen molar-refractivity contribution in [2.75, 3.05) is 0 Å². The van der Waals surface area contributed by atoms with Crippen molar-refractivity contribution in [1.29, 1.82) is 0 Å². The van der Waals surface area contributed by atoms with Crippen molar-refractivity contribution in [3.8, 4) is 0 Å². The Morgan fingerprint density at radius 3 is 2.74 bits per heavy atom. The van der Waals surface area contributed by atoms with Crippen LogP contribution in [0.5, 0.6) is 0 Å². The van der Waals surface area contributed by atoms with Crippen LogP contribution in [0.1, 0.15) is 18.5 Å². The number of hydrogen-bond acceptors (Lipinski definition) is 6.